The Morgan fingerprint density at radius 3 is 2.52 bits per heavy atom. The van der Waals surface area contributed by atoms with Crippen molar-refractivity contribution >= 4 is 22.6 Å². The van der Waals surface area contributed by atoms with Gasteiger partial charge in [-0.05, 0) is 46.7 Å². The standard InChI is InChI=1S/C27H30N2O2/c1-2-20-12-14-21(15-13-20)18-28-27(31)24-10-6-16-29(19-24)26(30)17-23-9-5-8-22-7-3-4-11-25(22)23/h3-5,7-9,11-15,24H,2,6,10,16-19H2,1H3,(H,28,31)/t24-/m1/s1. The van der Waals surface area contributed by atoms with Crippen LogP contribution in [0, 0.1) is 5.92 Å². The molecule has 0 bridgehead atoms. The average Bonchev–Trinajstić information content (AvgIpc) is 2.83. The largest absolute Gasteiger partial charge is 0.352 e. The van der Waals surface area contributed by atoms with Crippen molar-refractivity contribution in [2.45, 2.75) is 39.2 Å². The molecular formula is C27H30N2O2. The maximum absolute atomic E-state index is 13.0. The number of piperidine rings is 1. The summed E-state index contributed by atoms with van der Waals surface area (Å²) in [7, 11) is 0. The molecule has 31 heavy (non-hydrogen) atoms. The second kappa shape index (κ2) is 9.78. The van der Waals surface area contributed by atoms with Gasteiger partial charge in [-0.2, -0.15) is 0 Å². The van der Waals surface area contributed by atoms with Crippen molar-refractivity contribution < 1.29 is 9.59 Å². The van der Waals surface area contributed by atoms with Gasteiger partial charge in [0.2, 0.25) is 11.8 Å². The van der Waals surface area contributed by atoms with Crippen LogP contribution in [-0.4, -0.2) is 29.8 Å². The topological polar surface area (TPSA) is 49.4 Å². The van der Waals surface area contributed by atoms with Crippen molar-refractivity contribution in [1.82, 2.24) is 10.2 Å². The van der Waals surface area contributed by atoms with Crippen molar-refractivity contribution in [3.8, 4) is 0 Å². The Kier molecular flexibility index (Phi) is 6.66. The number of benzene rings is 3. The molecule has 1 fully saturated rings. The van der Waals surface area contributed by atoms with Gasteiger partial charge in [0.15, 0.2) is 0 Å². The number of carbonyl (C=O) groups excluding carboxylic acids is 2. The smallest absolute Gasteiger partial charge is 0.227 e. The molecule has 1 saturated heterocycles. The maximum atomic E-state index is 13.0. The van der Waals surface area contributed by atoms with Gasteiger partial charge in [-0.1, -0.05) is 73.7 Å². The average molecular weight is 415 g/mol. The number of amides is 2. The van der Waals surface area contributed by atoms with E-state index in [-0.39, 0.29) is 17.7 Å². The van der Waals surface area contributed by atoms with Gasteiger partial charge in [-0.3, -0.25) is 9.59 Å². The van der Waals surface area contributed by atoms with Crippen molar-refractivity contribution in [1.29, 1.82) is 0 Å². The minimum absolute atomic E-state index is 0.0437. The first kappa shape index (κ1) is 21.1. The number of rotatable bonds is 6. The van der Waals surface area contributed by atoms with Crippen LogP contribution in [0.4, 0.5) is 0 Å². The number of carbonyl (C=O) groups is 2. The van der Waals surface area contributed by atoms with E-state index in [1.165, 1.54) is 5.56 Å². The third-order valence-corrected chi connectivity index (χ3v) is 6.26. The third-order valence-electron chi connectivity index (χ3n) is 6.26. The first-order valence-corrected chi connectivity index (χ1v) is 11.2. The van der Waals surface area contributed by atoms with E-state index in [9.17, 15) is 9.59 Å². The lowest BCUT2D eigenvalue weighted by molar-refractivity contribution is -0.135. The summed E-state index contributed by atoms with van der Waals surface area (Å²) in [6, 6.07) is 22.6. The number of hydrogen-bond acceptors (Lipinski definition) is 2. The molecule has 3 aromatic carbocycles. The molecule has 0 aromatic heterocycles. The van der Waals surface area contributed by atoms with Crippen LogP contribution in [-0.2, 0) is 29.0 Å². The maximum Gasteiger partial charge on any atom is 0.227 e. The van der Waals surface area contributed by atoms with E-state index in [0.717, 1.165) is 47.7 Å². The number of hydrogen-bond donors (Lipinski definition) is 1. The molecule has 0 radical (unpaired) electrons. The molecule has 4 rings (SSSR count). The number of fused-ring (bicyclic) bond motifs is 1. The monoisotopic (exact) mass is 414 g/mol. The third kappa shape index (κ3) is 5.13. The van der Waals surface area contributed by atoms with E-state index in [4.69, 9.17) is 0 Å². The Balaban J connectivity index is 1.34. The summed E-state index contributed by atoms with van der Waals surface area (Å²) >= 11 is 0. The number of nitrogens with zero attached hydrogens (tertiary/aromatic N) is 1. The van der Waals surface area contributed by atoms with Crippen molar-refractivity contribution in [3.63, 3.8) is 0 Å². The summed E-state index contributed by atoms with van der Waals surface area (Å²) in [5, 5.41) is 5.34. The van der Waals surface area contributed by atoms with Crippen LogP contribution in [0.5, 0.6) is 0 Å². The molecule has 1 atom stereocenters. The fourth-order valence-corrected chi connectivity index (χ4v) is 4.37. The van der Waals surface area contributed by atoms with Gasteiger partial charge in [0.1, 0.15) is 0 Å². The first-order valence-electron chi connectivity index (χ1n) is 11.2. The summed E-state index contributed by atoms with van der Waals surface area (Å²) in [6.45, 7) is 3.90. The molecule has 160 valence electrons. The lowest BCUT2D eigenvalue weighted by Crippen LogP contribution is -2.45. The van der Waals surface area contributed by atoms with Gasteiger partial charge >= 0.3 is 0 Å². The first-order chi connectivity index (χ1) is 15.1. The van der Waals surface area contributed by atoms with Crippen LogP contribution in [0.15, 0.2) is 66.7 Å². The number of nitrogens with one attached hydrogen (secondary N) is 1. The zero-order chi connectivity index (χ0) is 21.6. The predicted molar refractivity (Wildman–Crippen MR) is 125 cm³/mol. The second-order valence-corrected chi connectivity index (χ2v) is 8.38. The van der Waals surface area contributed by atoms with Crippen LogP contribution < -0.4 is 5.32 Å². The van der Waals surface area contributed by atoms with Crippen molar-refractivity contribution in [2.24, 2.45) is 5.92 Å². The summed E-state index contributed by atoms with van der Waals surface area (Å²) in [4.78, 5) is 27.6. The number of likely N-dealkylation sites (tertiary alicyclic amines) is 1. The van der Waals surface area contributed by atoms with Crippen LogP contribution >= 0.6 is 0 Å². The number of aryl methyl sites for hydroxylation is 1. The SMILES string of the molecule is CCc1ccc(CNC(=O)[C@@H]2CCCN(C(=O)Cc3cccc4ccccc34)C2)cc1. The van der Waals surface area contributed by atoms with Gasteiger partial charge in [0.05, 0.1) is 12.3 Å². The molecular weight excluding hydrogens is 384 g/mol. The van der Waals surface area contributed by atoms with Gasteiger partial charge in [0.25, 0.3) is 0 Å². The minimum Gasteiger partial charge on any atom is -0.352 e. The highest BCUT2D eigenvalue weighted by atomic mass is 16.2. The van der Waals surface area contributed by atoms with Crippen LogP contribution in [0.1, 0.15) is 36.5 Å². The zero-order valence-corrected chi connectivity index (χ0v) is 18.1. The van der Waals surface area contributed by atoms with E-state index < -0.39 is 0 Å². The summed E-state index contributed by atoms with van der Waals surface area (Å²) in [6.07, 6.45) is 3.08. The van der Waals surface area contributed by atoms with Crippen LogP contribution in [0.3, 0.4) is 0 Å². The van der Waals surface area contributed by atoms with Crippen molar-refractivity contribution in [2.75, 3.05) is 13.1 Å². The summed E-state index contributed by atoms with van der Waals surface area (Å²) in [5.41, 5.74) is 3.44. The molecule has 0 spiro atoms. The zero-order valence-electron chi connectivity index (χ0n) is 18.1. The van der Waals surface area contributed by atoms with Crippen molar-refractivity contribution in [3.05, 3.63) is 83.4 Å². The minimum atomic E-state index is -0.139. The molecule has 1 N–H and O–H groups in total. The molecule has 2 amide bonds. The summed E-state index contributed by atoms with van der Waals surface area (Å²) < 4.78 is 0. The van der Waals surface area contributed by atoms with E-state index in [2.05, 4.69) is 54.7 Å². The normalized spacial score (nSPS) is 16.3. The fourth-order valence-electron chi connectivity index (χ4n) is 4.37. The Bertz CT molecular complexity index is 1050. The second-order valence-electron chi connectivity index (χ2n) is 8.38. The molecule has 0 saturated carbocycles. The van der Waals surface area contributed by atoms with E-state index in [1.807, 2.05) is 29.2 Å². The lowest BCUT2D eigenvalue weighted by atomic mass is 9.95. The van der Waals surface area contributed by atoms with Gasteiger partial charge < -0.3 is 10.2 Å². The quantitative estimate of drug-likeness (QED) is 0.646. The van der Waals surface area contributed by atoms with Gasteiger partial charge in [0, 0.05) is 19.6 Å². The Labute approximate surface area is 184 Å². The molecule has 4 heteroatoms. The predicted octanol–water partition coefficient (Wildman–Crippen LogP) is 4.50. The highest BCUT2D eigenvalue weighted by molar-refractivity contribution is 5.90. The van der Waals surface area contributed by atoms with Gasteiger partial charge in [-0.25, -0.2) is 0 Å². The lowest BCUT2D eigenvalue weighted by Gasteiger charge is -2.32. The Morgan fingerprint density at radius 1 is 0.968 bits per heavy atom. The summed E-state index contributed by atoms with van der Waals surface area (Å²) in [5.74, 6) is 0.00590. The Hall–Kier alpha value is -3.14. The molecule has 4 nitrogen and oxygen atoms in total. The fraction of sp³-hybridized carbons (Fsp3) is 0.333. The molecule has 1 heterocycles. The van der Waals surface area contributed by atoms with Gasteiger partial charge in [-0.15, -0.1) is 0 Å². The van der Waals surface area contributed by atoms with E-state index >= 15 is 0 Å². The molecule has 1 aliphatic heterocycles. The molecule has 0 aliphatic carbocycles. The van der Waals surface area contributed by atoms with Crippen LogP contribution in [0.2, 0.25) is 0 Å². The van der Waals surface area contributed by atoms with Crippen LogP contribution in [0.25, 0.3) is 10.8 Å². The highest BCUT2D eigenvalue weighted by Gasteiger charge is 2.28. The highest BCUT2D eigenvalue weighted by Crippen LogP contribution is 2.22. The van der Waals surface area contributed by atoms with E-state index in [1.54, 1.807) is 0 Å². The molecule has 3 aromatic rings. The Morgan fingerprint density at radius 2 is 1.71 bits per heavy atom. The molecule has 0 unspecified atom stereocenters. The molecule has 1 aliphatic rings. The van der Waals surface area contributed by atoms with E-state index in [0.29, 0.717) is 19.5 Å².